The normalized spacial score (nSPS) is 19.7. The summed E-state index contributed by atoms with van der Waals surface area (Å²) in [7, 11) is 0. The van der Waals surface area contributed by atoms with E-state index < -0.39 is 0 Å². The molecule has 2 N–H and O–H groups in total. The molecule has 0 aromatic rings. The van der Waals surface area contributed by atoms with Crippen molar-refractivity contribution in [3.05, 3.63) is 20.4 Å². The summed E-state index contributed by atoms with van der Waals surface area (Å²) in [5, 5.41) is 0. The molecular weight excluding hydrogens is 214 g/mol. The highest BCUT2D eigenvalue weighted by molar-refractivity contribution is 7.94. The molecule has 0 fully saturated rings. The number of thiol groups is 3. The highest BCUT2D eigenvalue weighted by Crippen LogP contribution is 2.32. The summed E-state index contributed by atoms with van der Waals surface area (Å²) in [6, 6.07) is 0. The Morgan fingerprint density at radius 1 is 1.09 bits per heavy atom. The molecule has 1 aliphatic rings. The van der Waals surface area contributed by atoms with Gasteiger partial charge in [-0.15, -0.1) is 37.9 Å². The van der Waals surface area contributed by atoms with Crippen molar-refractivity contribution >= 4 is 55.0 Å². The van der Waals surface area contributed by atoms with Crippen LogP contribution in [0.25, 0.3) is 0 Å². The van der Waals surface area contributed by atoms with Gasteiger partial charge in [-0.2, -0.15) is 0 Å². The van der Waals surface area contributed by atoms with Gasteiger partial charge in [0.15, 0.2) is 0 Å². The Labute approximate surface area is 87.3 Å². The standard InChI is InChI=1S/C6H7NS4/c7-2-1-3(8)5(10)6(11)4(2)9/h9-11H,1,7H2. The number of hydrogen-bond donors (Lipinski definition) is 4. The average Bonchev–Trinajstić information content (AvgIpc) is 1.97. The van der Waals surface area contributed by atoms with Crippen molar-refractivity contribution in [3.8, 4) is 0 Å². The van der Waals surface area contributed by atoms with Gasteiger partial charge in [0.1, 0.15) is 0 Å². The molecule has 1 rings (SSSR count). The van der Waals surface area contributed by atoms with Crippen LogP contribution in [0.1, 0.15) is 6.42 Å². The molecule has 0 aromatic heterocycles. The van der Waals surface area contributed by atoms with Gasteiger partial charge in [0, 0.05) is 31.7 Å². The van der Waals surface area contributed by atoms with Crippen molar-refractivity contribution in [2.75, 3.05) is 0 Å². The molecule has 1 aliphatic carbocycles. The average molecular weight is 221 g/mol. The predicted octanol–water partition coefficient (Wildman–Crippen LogP) is 1.93. The molecule has 5 heteroatoms. The van der Waals surface area contributed by atoms with Gasteiger partial charge < -0.3 is 5.73 Å². The maximum atomic E-state index is 5.62. The van der Waals surface area contributed by atoms with Gasteiger partial charge in [-0.1, -0.05) is 12.2 Å². The SMILES string of the molecule is NC1=C(S)C(S)=C(S)C(=S)C1. The molecule has 0 heterocycles. The zero-order valence-electron chi connectivity index (χ0n) is 5.53. The Hall–Kier alpha value is 0.420. The quantitative estimate of drug-likeness (QED) is 0.371. The smallest absolute Gasteiger partial charge is 0.0377 e. The molecule has 0 unspecified atom stereocenters. The van der Waals surface area contributed by atoms with E-state index in [0.29, 0.717) is 26.8 Å². The fourth-order valence-corrected chi connectivity index (χ4v) is 1.82. The third kappa shape index (κ3) is 1.77. The predicted molar refractivity (Wildman–Crippen MR) is 62.4 cm³/mol. The summed E-state index contributed by atoms with van der Waals surface area (Å²) in [6.07, 6.45) is 0.567. The Balaban J connectivity index is 3.18. The highest BCUT2D eigenvalue weighted by atomic mass is 32.1. The maximum Gasteiger partial charge on any atom is 0.0377 e. The molecular formula is C6H7NS4. The Bertz CT molecular complexity index is 276. The molecule has 60 valence electrons. The van der Waals surface area contributed by atoms with E-state index in [1.807, 2.05) is 0 Å². The van der Waals surface area contributed by atoms with Gasteiger partial charge in [0.05, 0.1) is 0 Å². The van der Waals surface area contributed by atoms with Gasteiger partial charge in [-0.25, -0.2) is 0 Å². The van der Waals surface area contributed by atoms with Crippen LogP contribution in [0, 0.1) is 0 Å². The van der Waals surface area contributed by atoms with Crippen molar-refractivity contribution in [3.63, 3.8) is 0 Å². The summed E-state index contributed by atoms with van der Waals surface area (Å²) in [5.74, 6) is 0. The number of rotatable bonds is 0. The molecule has 1 nitrogen and oxygen atoms in total. The zero-order valence-corrected chi connectivity index (χ0v) is 9.03. The van der Waals surface area contributed by atoms with E-state index in [2.05, 4.69) is 37.9 Å². The second-order valence-electron chi connectivity index (χ2n) is 2.17. The van der Waals surface area contributed by atoms with Crippen molar-refractivity contribution < 1.29 is 0 Å². The van der Waals surface area contributed by atoms with Gasteiger partial charge >= 0.3 is 0 Å². The van der Waals surface area contributed by atoms with Crippen molar-refractivity contribution in [1.29, 1.82) is 0 Å². The van der Waals surface area contributed by atoms with Crippen LogP contribution in [-0.2, 0) is 0 Å². The molecule has 0 aromatic carbocycles. The third-order valence-electron chi connectivity index (χ3n) is 1.37. The maximum absolute atomic E-state index is 5.62. The zero-order chi connectivity index (χ0) is 8.59. The van der Waals surface area contributed by atoms with Gasteiger partial charge in [-0.3, -0.25) is 0 Å². The first kappa shape index (κ1) is 9.51. The van der Waals surface area contributed by atoms with Crippen LogP contribution in [0.3, 0.4) is 0 Å². The fraction of sp³-hybridized carbons (Fsp3) is 0.167. The Morgan fingerprint density at radius 3 is 2.18 bits per heavy atom. The molecule has 11 heavy (non-hydrogen) atoms. The summed E-state index contributed by atoms with van der Waals surface area (Å²) in [5.41, 5.74) is 6.29. The lowest BCUT2D eigenvalue weighted by atomic mass is 10.1. The monoisotopic (exact) mass is 221 g/mol. The van der Waals surface area contributed by atoms with E-state index >= 15 is 0 Å². The fourth-order valence-electron chi connectivity index (χ4n) is 0.737. The second kappa shape index (κ2) is 3.43. The number of hydrogen-bond acceptors (Lipinski definition) is 5. The molecule has 0 aliphatic heterocycles. The molecule has 0 amide bonds. The number of nitrogens with two attached hydrogens (primary N) is 1. The highest BCUT2D eigenvalue weighted by Gasteiger charge is 2.17. The lowest BCUT2D eigenvalue weighted by Crippen LogP contribution is -2.12. The second-order valence-corrected chi connectivity index (χ2v) is 4.01. The van der Waals surface area contributed by atoms with Crippen LogP contribution in [0.4, 0.5) is 0 Å². The largest absolute Gasteiger partial charge is 0.401 e. The van der Waals surface area contributed by atoms with Crippen LogP contribution >= 0.6 is 50.1 Å². The topological polar surface area (TPSA) is 26.0 Å². The molecule has 0 saturated carbocycles. The van der Waals surface area contributed by atoms with Gasteiger partial charge in [-0.05, 0) is 0 Å². The lowest BCUT2D eigenvalue weighted by molar-refractivity contribution is 1.20. The summed E-state index contributed by atoms with van der Waals surface area (Å²) >= 11 is 17.5. The molecule has 0 spiro atoms. The van der Waals surface area contributed by atoms with E-state index in [0.717, 1.165) is 4.86 Å². The summed E-state index contributed by atoms with van der Waals surface area (Å²) in [4.78, 5) is 2.80. The van der Waals surface area contributed by atoms with E-state index in [4.69, 9.17) is 18.0 Å². The van der Waals surface area contributed by atoms with Crippen molar-refractivity contribution in [1.82, 2.24) is 0 Å². The first-order valence-corrected chi connectivity index (χ1v) is 4.62. The lowest BCUT2D eigenvalue weighted by Gasteiger charge is -2.16. The summed E-state index contributed by atoms with van der Waals surface area (Å²) in [6.45, 7) is 0. The van der Waals surface area contributed by atoms with Crippen LogP contribution in [0.15, 0.2) is 20.4 Å². The molecule has 0 saturated heterocycles. The van der Waals surface area contributed by atoms with Crippen LogP contribution in [0.5, 0.6) is 0 Å². The van der Waals surface area contributed by atoms with Crippen LogP contribution < -0.4 is 5.73 Å². The first-order valence-electron chi connectivity index (χ1n) is 2.87. The van der Waals surface area contributed by atoms with Gasteiger partial charge in [0.25, 0.3) is 0 Å². The summed E-state index contributed by atoms with van der Waals surface area (Å²) < 4.78 is 0. The number of allylic oxidation sites excluding steroid dienone is 2. The van der Waals surface area contributed by atoms with Gasteiger partial charge in [0.2, 0.25) is 0 Å². The minimum Gasteiger partial charge on any atom is -0.401 e. The van der Waals surface area contributed by atoms with Crippen LogP contribution in [0.2, 0.25) is 0 Å². The molecule has 0 bridgehead atoms. The Morgan fingerprint density at radius 2 is 1.64 bits per heavy atom. The molecule has 0 atom stereocenters. The van der Waals surface area contributed by atoms with E-state index in [-0.39, 0.29) is 0 Å². The number of thiocarbonyl (C=S) groups is 1. The molecule has 0 radical (unpaired) electrons. The van der Waals surface area contributed by atoms with E-state index in [9.17, 15) is 0 Å². The minimum atomic E-state index is 0.567. The van der Waals surface area contributed by atoms with E-state index in [1.54, 1.807) is 0 Å². The van der Waals surface area contributed by atoms with Crippen molar-refractivity contribution in [2.24, 2.45) is 5.73 Å². The van der Waals surface area contributed by atoms with Crippen LogP contribution in [-0.4, -0.2) is 4.86 Å². The minimum absolute atomic E-state index is 0.567. The first-order chi connectivity index (χ1) is 5.04. The third-order valence-corrected chi connectivity index (χ3v) is 3.67. The Kier molecular flexibility index (Phi) is 2.96. The van der Waals surface area contributed by atoms with Crippen molar-refractivity contribution in [2.45, 2.75) is 6.42 Å². The van der Waals surface area contributed by atoms with E-state index in [1.165, 1.54) is 0 Å².